The summed E-state index contributed by atoms with van der Waals surface area (Å²) in [5, 5.41) is 12.1. The summed E-state index contributed by atoms with van der Waals surface area (Å²) in [4.78, 5) is 11.8. The Morgan fingerprint density at radius 1 is 1.13 bits per heavy atom. The number of para-hydroxylation sites is 1. The minimum atomic E-state index is -4.78. The fraction of sp³-hybridized carbons (Fsp3) is 0.188. The molecule has 0 atom stereocenters. The number of rotatable bonds is 5. The van der Waals surface area contributed by atoms with Gasteiger partial charge in [0.25, 0.3) is 0 Å². The third kappa shape index (κ3) is 5.54. The number of amides is 1. The fourth-order valence-electron chi connectivity index (χ4n) is 1.96. The van der Waals surface area contributed by atoms with E-state index in [9.17, 15) is 23.1 Å². The number of phenolic OH excluding ortho intramolecular Hbond substituents is 1. The topological polar surface area (TPSA) is 58.6 Å². The van der Waals surface area contributed by atoms with Crippen LogP contribution in [0.1, 0.15) is 12.0 Å². The van der Waals surface area contributed by atoms with Crippen LogP contribution in [0.3, 0.4) is 0 Å². The average molecular weight is 325 g/mol. The number of ether oxygens (including phenoxy) is 1. The molecule has 2 aromatic carbocycles. The summed E-state index contributed by atoms with van der Waals surface area (Å²) in [5.74, 6) is -0.686. The normalized spacial score (nSPS) is 11.1. The second kappa shape index (κ2) is 7.04. The number of hydrogen-bond acceptors (Lipinski definition) is 3. The van der Waals surface area contributed by atoms with Gasteiger partial charge in [0.1, 0.15) is 11.5 Å². The van der Waals surface area contributed by atoms with Crippen molar-refractivity contribution in [1.29, 1.82) is 0 Å². The van der Waals surface area contributed by atoms with E-state index in [0.717, 1.165) is 12.1 Å². The second-order valence-corrected chi connectivity index (χ2v) is 4.75. The first-order valence-electron chi connectivity index (χ1n) is 6.76. The van der Waals surface area contributed by atoms with E-state index in [1.807, 2.05) is 0 Å². The SMILES string of the molecule is O=C(CCc1ccccc1O)Nc1cccc(OC(F)(F)F)c1. The lowest BCUT2D eigenvalue weighted by molar-refractivity contribution is -0.274. The standard InChI is InChI=1S/C16H14F3NO3/c17-16(18,19)23-13-6-3-5-12(10-13)20-15(22)9-8-11-4-1-2-7-14(11)21/h1-7,10,21H,8-9H2,(H,20,22). The van der Waals surface area contributed by atoms with Gasteiger partial charge in [-0.3, -0.25) is 4.79 Å². The van der Waals surface area contributed by atoms with Crippen LogP contribution in [0.25, 0.3) is 0 Å². The summed E-state index contributed by atoms with van der Waals surface area (Å²) in [5.41, 5.74) is 0.825. The smallest absolute Gasteiger partial charge is 0.508 e. The van der Waals surface area contributed by atoms with Crippen LogP contribution in [0.15, 0.2) is 48.5 Å². The summed E-state index contributed by atoms with van der Waals surface area (Å²) < 4.78 is 40.2. The lowest BCUT2D eigenvalue weighted by Crippen LogP contribution is -2.17. The van der Waals surface area contributed by atoms with Crippen molar-refractivity contribution in [3.05, 3.63) is 54.1 Å². The monoisotopic (exact) mass is 325 g/mol. The number of aryl methyl sites for hydroxylation is 1. The van der Waals surface area contributed by atoms with Crippen molar-refractivity contribution in [3.63, 3.8) is 0 Å². The van der Waals surface area contributed by atoms with Gasteiger partial charge in [-0.1, -0.05) is 24.3 Å². The predicted octanol–water partition coefficient (Wildman–Crippen LogP) is 3.86. The molecule has 0 aromatic heterocycles. The largest absolute Gasteiger partial charge is 0.573 e. The van der Waals surface area contributed by atoms with Crippen molar-refractivity contribution in [3.8, 4) is 11.5 Å². The van der Waals surface area contributed by atoms with E-state index in [4.69, 9.17) is 0 Å². The highest BCUT2D eigenvalue weighted by Gasteiger charge is 2.31. The number of carbonyl (C=O) groups excluding carboxylic acids is 1. The number of alkyl halides is 3. The number of benzene rings is 2. The third-order valence-corrected chi connectivity index (χ3v) is 2.96. The number of aromatic hydroxyl groups is 1. The summed E-state index contributed by atoms with van der Waals surface area (Å²) in [6.07, 6.45) is -4.38. The predicted molar refractivity (Wildman–Crippen MR) is 78.2 cm³/mol. The fourth-order valence-corrected chi connectivity index (χ4v) is 1.96. The quantitative estimate of drug-likeness (QED) is 0.877. The minimum absolute atomic E-state index is 0.0852. The highest BCUT2D eigenvalue weighted by Crippen LogP contribution is 2.25. The second-order valence-electron chi connectivity index (χ2n) is 4.75. The zero-order valence-corrected chi connectivity index (χ0v) is 11.9. The maximum Gasteiger partial charge on any atom is 0.573 e. The van der Waals surface area contributed by atoms with E-state index in [2.05, 4.69) is 10.1 Å². The highest BCUT2D eigenvalue weighted by atomic mass is 19.4. The first kappa shape index (κ1) is 16.7. The van der Waals surface area contributed by atoms with Crippen molar-refractivity contribution < 1.29 is 27.8 Å². The molecule has 0 unspecified atom stereocenters. The average Bonchev–Trinajstić information content (AvgIpc) is 2.45. The molecule has 4 nitrogen and oxygen atoms in total. The van der Waals surface area contributed by atoms with E-state index in [-0.39, 0.29) is 23.8 Å². The van der Waals surface area contributed by atoms with Crippen molar-refractivity contribution in [1.82, 2.24) is 0 Å². The molecular formula is C16H14F3NO3. The van der Waals surface area contributed by atoms with Crippen molar-refractivity contribution in [2.24, 2.45) is 0 Å². The Labute approximate surface area is 130 Å². The molecular weight excluding hydrogens is 311 g/mol. The molecule has 7 heteroatoms. The molecule has 0 heterocycles. The number of halogens is 3. The van der Waals surface area contributed by atoms with Crippen molar-refractivity contribution in [2.75, 3.05) is 5.32 Å². The molecule has 0 spiro atoms. The summed E-state index contributed by atoms with van der Waals surface area (Å²) in [7, 11) is 0. The molecule has 2 N–H and O–H groups in total. The number of nitrogens with one attached hydrogen (secondary N) is 1. The Morgan fingerprint density at radius 2 is 1.87 bits per heavy atom. The van der Waals surface area contributed by atoms with Gasteiger partial charge in [0, 0.05) is 18.2 Å². The summed E-state index contributed by atoms with van der Waals surface area (Å²) >= 11 is 0. The number of hydrogen-bond donors (Lipinski definition) is 2. The molecule has 2 rings (SSSR count). The minimum Gasteiger partial charge on any atom is -0.508 e. The van der Waals surface area contributed by atoms with Gasteiger partial charge < -0.3 is 15.2 Å². The van der Waals surface area contributed by atoms with Crippen molar-refractivity contribution in [2.45, 2.75) is 19.2 Å². The van der Waals surface area contributed by atoms with Gasteiger partial charge in [-0.05, 0) is 30.2 Å². The molecule has 0 saturated carbocycles. The molecule has 2 aromatic rings. The number of phenols is 1. The zero-order valence-electron chi connectivity index (χ0n) is 11.9. The molecule has 0 saturated heterocycles. The van der Waals surface area contributed by atoms with Gasteiger partial charge in [0.05, 0.1) is 0 Å². The Hall–Kier alpha value is -2.70. The third-order valence-electron chi connectivity index (χ3n) is 2.96. The molecule has 0 aliphatic rings. The van der Waals surface area contributed by atoms with E-state index < -0.39 is 12.1 Å². The van der Waals surface area contributed by atoms with Crippen LogP contribution >= 0.6 is 0 Å². The first-order valence-corrected chi connectivity index (χ1v) is 6.76. The molecule has 0 bridgehead atoms. The molecule has 0 fully saturated rings. The van der Waals surface area contributed by atoms with Gasteiger partial charge in [-0.2, -0.15) is 0 Å². The van der Waals surface area contributed by atoms with E-state index in [1.54, 1.807) is 18.2 Å². The van der Waals surface area contributed by atoms with Gasteiger partial charge in [-0.25, -0.2) is 0 Å². The Balaban J connectivity index is 1.93. The zero-order chi connectivity index (χ0) is 16.9. The molecule has 0 aliphatic heterocycles. The Kier molecular flexibility index (Phi) is 5.10. The van der Waals surface area contributed by atoms with Crippen LogP contribution < -0.4 is 10.1 Å². The van der Waals surface area contributed by atoms with Gasteiger partial charge in [0.15, 0.2) is 0 Å². The lowest BCUT2D eigenvalue weighted by atomic mass is 10.1. The first-order chi connectivity index (χ1) is 10.8. The number of carbonyl (C=O) groups is 1. The molecule has 0 aliphatic carbocycles. The van der Waals surface area contributed by atoms with Crippen LogP contribution in [0.4, 0.5) is 18.9 Å². The maximum absolute atomic E-state index is 12.1. The highest BCUT2D eigenvalue weighted by molar-refractivity contribution is 5.91. The van der Waals surface area contributed by atoms with E-state index in [0.29, 0.717) is 12.0 Å². The van der Waals surface area contributed by atoms with Crippen molar-refractivity contribution >= 4 is 11.6 Å². The van der Waals surface area contributed by atoms with Crippen LogP contribution in [-0.2, 0) is 11.2 Å². The van der Waals surface area contributed by atoms with Gasteiger partial charge >= 0.3 is 6.36 Å². The van der Waals surface area contributed by atoms with Crippen LogP contribution in [0.2, 0.25) is 0 Å². The molecule has 1 amide bonds. The van der Waals surface area contributed by atoms with Crippen LogP contribution in [0.5, 0.6) is 11.5 Å². The Morgan fingerprint density at radius 3 is 2.57 bits per heavy atom. The molecule has 23 heavy (non-hydrogen) atoms. The Bertz CT molecular complexity index is 686. The van der Waals surface area contributed by atoms with Gasteiger partial charge in [-0.15, -0.1) is 13.2 Å². The molecule has 0 radical (unpaired) electrons. The molecule has 122 valence electrons. The van der Waals surface area contributed by atoms with E-state index in [1.165, 1.54) is 18.2 Å². The van der Waals surface area contributed by atoms with Gasteiger partial charge in [0.2, 0.25) is 5.91 Å². The maximum atomic E-state index is 12.1. The summed E-state index contributed by atoms with van der Waals surface area (Å²) in [6, 6.07) is 11.7. The summed E-state index contributed by atoms with van der Waals surface area (Å²) in [6.45, 7) is 0. The number of anilines is 1. The van der Waals surface area contributed by atoms with Crippen LogP contribution in [0, 0.1) is 0 Å². The lowest BCUT2D eigenvalue weighted by Gasteiger charge is -2.11. The van der Waals surface area contributed by atoms with E-state index >= 15 is 0 Å². The van der Waals surface area contributed by atoms with Crippen LogP contribution in [-0.4, -0.2) is 17.4 Å².